The van der Waals surface area contributed by atoms with Gasteiger partial charge in [-0.1, -0.05) is 0 Å². The average Bonchev–Trinajstić information content (AvgIpc) is 2.23. The number of carbonyl (C=O) groups is 1. The van der Waals surface area contributed by atoms with Crippen LogP contribution in [-0.4, -0.2) is 33.3 Å². The number of carboxylic acid groups (broad SMARTS) is 1. The molecule has 1 aromatic rings. The molecular weight excluding hydrogens is 220 g/mol. The lowest BCUT2D eigenvalue weighted by Crippen LogP contribution is -2.43. The third-order valence-electron chi connectivity index (χ3n) is 3.16. The predicted octanol–water partition coefficient (Wildman–Crippen LogP) is 1.42. The van der Waals surface area contributed by atoms with E-state index in [2.05, 4.69) is 10.3 Å². The van der Waals surface area contributed by atoms with Crippen LogP contribution < -0.4 is 5.32 Å². The van der Waals surface area contributed by atoms with Crippen molar-refractivity contribution in [2.75, 3.05) is 11.9 Å². The van der Waals surface area contributed by atoms with Crippen molar-refractivity contribution in [3.05, 3.63) is 23.5 Å². The first kappa shape index (κ1) is 11.9. The molecule has 0 aliphatic heterocycles. The van der Waals surface area contributed by atoms with Gasteiger partial charge in [0, 0.05) is 18.4 Å². The molecule has 1 aliphatic rings. The second-order valence-electron chi connectivity index (χ2n) is 4.61. The number of hydrogen-bond donors (Lipinski definition) is 3. The summed E-state index contributed by atoms with van der Waals surface area (Å²) in [4.78, 5) is 15.0. The maximum atomic E-state index is 11.0. The van der Waals surface area contributed by atoms with Gasteiger partial charge in [-0.3, -0.25) is 4.98 Å². The van der Waals surface area contributed by atoms with Gasteiger partial charge in [0.25, 0.3) is 0 Å². The second-order valence-corrected chi connectivity index (χ2v) is 4.61. The molecule has 17 heavy (non-hydrogen) atoms. The molecule has 0 bridgehead atoms. The van der Waals surface area contributed by atoms with Gasteiger partial charge in [-0.05, 0) is 32.3 Å². The quantitative estimate of drug-likeness (QED) is 0.736. The Morgan fingerprint density at radius 2 is 2.29 bits per heavy atom. The number of anilines is 1. The van der Waals surface area contributed by atoms with Crippen molar-refractivity contribution in [3.63, 3.8) is 0 Å². The number of carboxylic acids is 1. The van der Waals surface area contributed by atoms with E-state index < -0.39 is 11.6 Å². The lowest BCUT2D eigenvalue weighted by atomic mass is 9.80. The fourth-order valence-corrected chi connectivity index (χ4v) is 1.90. The summed E-state index contributed by atoms with van der Waals surface area (Å²) >= 11 is 0. The van der Waals surface area contributed by atoms with Crippen molar-refractivity contribution in [3.8, 4) is 0 Å². The van der Waals surface area contributed by atoms with Crippen LogP contribution in [-0.2, 0) is 0 Å². The summed E-state index contributed by atoms with van der Waals surface area (Å²) in [6.07, 6.45) is 3.91. The fraction of sp³-hybridized carbons (Fsp3) is 0.500. The van der Waals surface area contributed by atoms with Crippen molar-refractivity contribution >= 4 is 11.7 Å². The summed E-state index contributed by atoms with van der Waals surface area (Å²) in [5, 5.41) is 22.0. The molecule has 1 saturated carbocycles. The van der Waals surface area contributed by atoms with Gasteiger partial charge in [0.15, 0.2) is 0 Å². The van der Waals surface area contributed by atoms with Crippen LogP contribution in [0.25, 0.3) is 0 Å². The molecule has 1 heterocycles. The van der Waals surface area contributed by atoms with Gasteiger partial charge < -0.3 is 15.5 Å². The molecule has 1 aromatic heterocycles. The molecular formula is C12H16N2O3. The van der Waals surface area contributed by atoms with E-state index in [0.29, 0.717) is 12.2 Å². The zero-order chi connectivity index (χ0) is 12.5. The van der Waals surface area contributed by atoms with Gasteiger partial charge in [0.05, 0.1) is 11.3 Å². The second kappa shape index (κ2) is 4.33. The minimum atomic E-state index is -1.01. The standard InChI is InChI=1S/C12H16N2O3/c1-8-5-10(9(6-13-8)11(15)16)14-7-12(17)3-2-4-12/h5-6,17H,2-4,7H2,1H3,(H,13,14)(H,15,16). The molecule has 0 aromatic carbocycles. The Balaban J connectivity index is 2.13. The molecule has 1 fully saturated rings. The predicted molar refractivity (Wildman–Crippen MR) is 63.2 cm³/mol. The molecule has 5 heteroatoms. The van der Waals surface area contributed by atoms with Gasteiger partial charge >= 0.3 is 5.97 Å². The van der Waals surface area contributed by atoms with Gasteiger partial charge in [-0.15, -0.1) is 0 Å². The van der Waals surface area contributed by atoms with E-state index in [1.165, 1.54) is 6.20 Å². The molecule has 0 unspecified atom stereocenters. The van der Waals surface area contributed by atoms with Crippen LogP contribution in [0.2, 0.25) is 0 Å². The summed E-state index contributed by atoms with van der Waals surface area (Å²) in [5.41, 5.74) is 0.731. The Bertz CT molecular complexity index is 441. The first-order chi connectivity index (χ1) is 8.00. The molecule has 2 rings (SSSR count). The van der Waals surface area contributed by atoms with Crippen molar-refractivity contribution < 1.29 is 15.0 Å². The zero-order valence-corrected chi connectivity index (χ0v) is 9.73. The maximum Gasteiger partial charge on any atom is 0.339 e. The third-order valence-corrected chi connectivity index (χ3v) is 3.16. The molecule has 5 nitrogen and oxygen atoms in total. The van der Waals surface area contributed by atoms with Crippen LogP contribution in [0, 0.1) is 6.92 Å². The van der Waals surface area contributed by atoms with E-state index in [4.69, 9.17) is 5.11 Å². The number of aromatic carboxylic acids is 1. The summed E-state index contributed by atoms with van der Waals surface area (Å²) in [6.45, 7) is 2.19. The molecule has 92 valence electrons. The normalized spacial score (nSPS) is 17.3. The molecule has 0 amide bonds. The van der Waals surface area contributed by atoms with Crippen LogP contribution in [0.15, 0.2) is 12.3 Å². The Kier molecular flexibility index (Phi) is 3.02. The van der Waals surface area contributed by atoms with Gasteiger partial charge in [-0.25, -0.2) is 4.79 Å². The Labute approximate surface area is 99.5 Å². The van der Waals surface area contributed by atoms with E-state index >= 15 is 0 Å². The average molecular weight is 236 g/mol. The van der Waals surface area contributed by atoms with Crippen LogP contribution >= 0.6 is 0 Å². The Morgan fingerprint density at radius 1 is 1.59 bits per heavy atom. The first-order valence-electron chi connectivity index (χ1n) is 5.66. The van der Waals surface area contributed by atoms with Gasteiger partial charge in [-0.2, -0.15) is 0 Å². The van der Waals surface area contributed by atoms with Crippen LogP contribution in [0.4, 0.5) is 5.69 Å². The number of pyridine rings is 1. The smallest absolute Gasteiger partial charge is 0.339 e. The van der Waals surface area contributed by atoms with Gasteiger partial charge in [0.2, 0.25) is 0 Å². The van der Waals surface area contributed by atoms with E-state index in [9.17, 15) is 9.90 Å². The highest BCUT2D eigenvalue weighted by molar-refractivity contribution is 5.93. The van der Waals surface area contributed by atoms with Crippen LogP contribution in [0.1, 0.15) is 35.3 Å². The van der Waals surface area contributed by atoms with Crippen molar-refractivity contribution in [2.24, 2.45) is 0 Å². The SMILES string of the molecule is Cc1cc(NCC2(O)CCC2)c(C(=O)O)cn1. The lowest BCUT2D eigenvalue weighted by Gasteiger charge is -2.37. The van der Waals surface area contributed by atoms with E-state index in [1.807, 2.05) is 0 Å². The van der Waals surface area contributed by atoms with E-state index in [0.717, 1.165) is 25.0 Å². The number of aryl methyl sites for hydroxylation is 1. The molecule has 0 atom stereocenters. The highest BCUT2D eigenvalue weighted by Crippen LogP contribution is 2.32. The largest absolute Gasteiger partial charge is 0.478 e. The number of nitrogens with one attached hydrogen (secondary N) is 1. The molecule has 0 radical (unpaired) electrons. The highest BCUT2D eigenvalue weighted by Gasteiger charge is 2.34. The Hall–Kier alpha value is -1.62. The fourth-order valence-electron chi connectivity index (χ4n) is 1.90. The summed E-state index contributed by atoms with van der Waals surface area (Å²) < 4.78 is 0. The maximum absolute atomic E-state index is 11.0. The summed E-state index contributed by atoms with van der Waals surface area (Å²) in [7, 11) is 0. The minimum Gasteiger partial charge on any atom is -0.478 e. The summed E-state index contributed by atoms with van der Waals surface area (Å²) in [5.74, 6) is -1.01. The number of aliphatic hydroxyl groups is 1. The van der Waals surface area contributed by atoms with Crippen molar-refractivity contribution in [2.45, 2.75) is 31.8 Å². The minimum absolute atomic E-state index is 0.138. The first-order valence-corrected chi connectivity index (χ1v) is 5.66. The molecule has 3 N–H and O–H groups in total. The van der Waals surface area contributed by atoms with E-state index in [-0.39, 0.29) is 5.56 Å². The third kappa shape index (κ3) is 2.55. The lowest BCUT2D eigenvalue weighted by molar-refractivity contribution is -0.0202. The molecule has 1 aliphatic carbocycles. The summed E-state index contributed by atoms with van der Waals surface area (Å²) in [6, 6.07) is 1.69. The monoisotopic (exact) mass is 236 g/mol. The Morgan fingerprint density at radius 3 is 2.82 bits per heavy atom. The van der Waals surface area contributed by atoms with Crippen molar-refractivity contribution in [1.82, 2.24) is 4.98 Å². The van der Waals surface area contributed by atoms with E-state index in [1.54, 1.807) is 13.0 Å². The topological polar surface area (TPSA) is 82.5 Å². The molecule has 0 saturated heterocycles. The van der Waals surface area contributed by atoms with Crippen molar-refractivity contribution in [1.29, 1.82) is 0 Å². The van der Waals surface area contributed by atoms with Gasteiger partial charge in [0.1, 0.15) is 5.56 Å². The molecule has 0 spiro atoms. The zero-order valence-electron chi connectivity index (χ0n) is 9.73. The number of rotatable bonds is 4. The highest BCUT2D eigenvalue weighted by atomic mass is 16.4. The number of aromatic nitrogens is 1. The number of nitrogens with zero attached hydrogens (tertiary/aromatic N) is 1. The van der Waals surface area contributed by atoms with Crippen LogP contribution in [0.3, 0.4) is 0 Å². The van der Waals surface area contributed by atoms with Crippen LogP contribution in [0.5, 0.6) is 0 Å². The number of hydrogen-bond acceptors (Lipinski definition) is 4.